The number of carbonyl (C=O) groups is 2. The lowest BCUT2D eigenvalue weighted by molar-refractivity contribution is -0.145. The molecule has 0 saturated carbocycles. The summed E-state index contributed by atoms with van der Waals surface area (Å²) in [6.07, 6.45) is -0.434. The van der Waals surface area contributed by atoms with E-state index < -0.39 is 35.4 Å². The van der Waals surface area contributed by atoms with Crippen LogP contribution in [0.1, 0.15) is 45.7 Å². The van der Waals surface area contributed by atoms with Crippen LogP contribution >= 0.6 is 11.3 Å². The first-order valence-electron chi connectivity index (χ1n) is 11.8. The summed E-state index contributed by atoms with van der Waals surface area (Å²) < 4.78 is 38.7. The molecule has 38 heavy (non-hydrogen) atoms. The van der Waals surface area contributed by atoms with Crippen LogP contribution in [0.25, 0.3) is 10.6 Å². The second-order valence-corrected chi connectivity index (χ2v) is 10.4. The van der Waals surface area contributed by atoms with Gasteiger partial charge in [0.1, 0.15) is 22.7 Å². The number of carbonyl (C=O) groups excluding carboxylic acids is 1. The number of carboxylic acids is 1. The number of esters is 1. The second kappa shape index (κ2) is 9.39. The Morgan fingerprint density at radius 3 is 2.55 bits per heavy atom. The summed E-state index contributed by atoms with van der Waals surface area (Å²) in [7, 11) is 1.22. The van der Waals surface area contributed by atoms with Crippen LogP contribution in [0, 0.1) is 26.2 Å². The number of rotatable bonds is 5. The summed E-state index contributed by atoms with van der Waals surface area (Å²) in [5, 5.41) is 19.4. The van der Waals surface area contributed by atoms with Crippen molar-refractivity contribution in [3.05, 3.63) is 81.5 Å². The Hall–Kier alpha value is -3.99. The van der Waals surface area contributed by atoms with E-state index in [2.05, 4.69) is 15.2 Å². The van der Waals surface area contributed by atoms with Crippen molar-refractivity contribution >= 4 is 34.6 Å². The van der Waals surface area contributed by atoms with Crippen LogP contribution in [0.2, 0.25) is 0 Å². The van der Waals surface area contributed by atoms with Gasteiger partial charge in [-0.2, -0.15) is 0 Å². The van der Waals surface area contributed by atoms with Crippen molar-refractivity contribution in [3.8, 4) is 5.00 Å². The van der Waals surface area contributed by atoms with Crippen LogP contribution in [0.5, 0.6) is 0 Å². The van der Waals surface area contributed by atoms with Crippen LogP contribution in [0.3, 0.4) is 0 Å². The quantitative estimate of drug-likeness (QED) is 0.457. The summed E-state index contributed by atoms with van der Waals surface area (Å²) in [4.78, 5) is 30.8. The summed E-state index contributed by atoms with van der Waals surface area (Å²) in [6.45, 7) is 5.34. The highest BCUT2D eigenvalue weighted by atomic mass is 32.1. The maximum absolute atomic E-state index is 16.4. The summed E-state index contributed by atoms with van der Waals surface area (Å²) in [5.41, 5.74) is -1.29. The normalized spacial score (nSPS) is 22.4. The molecule has 0 radical (unpaired) electrons. The molecule has 5 rings (SSSR count). The number of benzene rings is 1. The number of carboxylic acid groups (broad SMARTS) is 1. The molecular formula is C27H24F2N4O4S. The Morgan fingerprint density at radius 1 is 1.18 bits per heavy atom. The SMILES string of the molecule is COC(=O)C[C@@H]1N=C(C2(C(=O)O)C=CC(c3ccccc3)=C(F)C2F)c2c(sc(C)c2C)-n2c(C)nnc21. The summed E-state index contributed by atoms with van der Waals surface area (Å²) in [6, 6.07) is 7.31. The fourth-order valence-corrected chi connectivity index (χ4v) is 6.12. The summed E-state index contributed by atoms with van der Waals surface area (Å²) in [5.74, 6) is -2.68. The molecule has 2 aromatic heterocycles. The fraction of sp³-hybridized carbons (Fsp3) is 0.296. The van der Waals surface area contributed by atoms with Gasteiger partial charge >= 0.3 is 11.9 Å². The topological polar surface area (TPSA) is 107 Å². The minimum atomic E-state index is -2.59. The molecule has 0 saturated heterocycles. The van der Waals surface area contributed by atoms with E-state index in [9.17, 15) is 14.7 Å². The Bertz CT molecular complexity index is 1560. The number of fused-ring (bicyclic) bond motifs is 3. The maximum atomic E-state index is 16.4. The number of aromatic nitrogens is 3. The molecule has 3 heterocycles. The minimum absolute atomic E-state index is 0.0401. The molecule has 8 nitrogen and oxygen atoms in total. The highest BCUT2D eigenvalue weighted by Crippen LogP contribution is 2.48. The largest absolute Gasteiger partial charge is 0.480 e. The molecule has 3 atom stereocenters. The number of thiophene rings is 1. The van der Waals surface area contributed by atoms with Crippen LogP contribution in [-0.4, -0.2) is 50.8 Å². The van der Waals surface area contributed by atoms with Crippen molar-refractivity contribution in [3.63, 3.8) is 0 Å². The van der Waals surface area contributed by atoms with E-state index in [1.54, 1.807) is 48.7 Å². The zero-order chi connectivity index (χ0) is 27.4. The Balaban J connectivity index is 1.79. The lowest BCUT2D eigenvalue weighted by atomic mass is 9.70. The maximum Gasteiger partial charge on any atom is 0.323 e. The molecule has 1 aliphatic carbocycles. The van der Waals surface area contributed by atoms with Gasteiger partial charge in [0.25, 0.3) is 0 Å². The first-order valence-corrected chi connectivity index (χ1v) is 12.6. The van der Waals surface area contributed by atoms with Gasteiger partial charge in [0.15, 0.2) is 17.4 Å². The zero-order valence-electron chi connectivity index (χ0n) is 21.0. The minimum Gasteiger partial charge on any atom is -0.480 e. The lowest BCUT2D eigenvalue weighted by Crippen LogP contribution is -2.48. The van der Waals surface area contributed by atoms with Crippen molar-refractivity contribution < 1.29 is 28.2 Å². The molecule has 1 aromatic carbocycles. The number of halogens is 2. The van der Waals surface area contributed by atoms with Crippen LogP contribution in [0.15, 0.2) is 53.3 Å². The number of methoxy groups -OCH3 is 1. The third-order valence-electron chi connectivity index (χ3n) is 7.05. The number of hydrogen-bond donors (Lipinski definition) is 1. The van der Waals surface area contributed by atoms with Crippen molar-refractivity contribution in [2.24, 2.45) is 10.4 Å². The van der Waals surface area contributed by atoms with Gasteiger partial charge in [0.2, 0.25) is 0 Å². The van der Waals surface area contributed by atoms with E-state index in [1.165, 1.54) is 24.5 Å². The Labute approximate surface area is 221 Å². The zero-order valence-corrected chi connectivity index (χ0v) is 21.8. The number of nitrogens with zero attached hydrogens (tertiary/aromatic N) is 4. The number of allylic oxidation sites excluding steroid dienone is 3. The predicted octanol–water partition coefficient (Wildman–Crippen LogP) is 5.02. The highest BCUT2D eigenvalue weighted by molar-refractivity contribution is 7.15. The van der Waals surface area contributed by atoms with Gasteiger partial charge in [0, 0.05) is 16.0 Å². The number of alkyl halides is 1. The molecule has 0 bridgehead atoms. The van der Waals surface area contributed by atoms with Crippen molar-refractivity contribution in [1.29, 1.82) is 0 Å². The van der Waals surface area contributed by atoms with Gasteiger partial charge in [-0.1, -0.05) is 42.5 Å². The molecule has 0 spiro atoms. The predicted molar refractivity (Wildman–Crippen MR) is 138 cm³/mol. The van der Waals surface area contributed by atoms with Gasteiger partial charge in [-0.3, -0.25) is 19.1 Å². The highest BCUT2D eigenvalue weighted by Gasteiger charge is 2.56. The van der Waals surface area contributed by atoms with Gasteiger partial charge < -0.3 is 9.84 Å². The van der Waals surface area contributed by atoms with Crippen molar-refractivity contribution in [2.75, 3.05) is 7.11 Å². The van der Waals surface area contributed by atoms with E-state index in [-0.39, 0.29) is 23.5 Å². The van der Waals surface area contributed by atoms with E-state index in [4.69, 9.17) is 4.74 Å². The number of ether oxygens (including phenoxy) is 1. The smallest absolute Gasteiger partial charge is 0.323 e. The van der Waals surface area contributed by atoms with Crippen molar-refractivity contribution in [1.82, 2.24) is 14.8 Å². The molecular weight excluding hydrogens is 514 g/mol. The second-order valence-electron chi connectivity index (χ2n) is 9.18. The third-order valence-corrected chi connectivity index (χ3v) is 8.24. The van der Waals surface area contributed by atoms with E-state index in [1.807, 2.05) is 6.92 Å². The number of hydrogen-bond acceptors (Lipinski definition) is 7. The molecule has 2 aliphatic rings. The first kappa shape index (κ1) is 25.7. The molecule has 0 fully saturated rings. The average molecular weight is 539 g/mol. The van der Waals surface area contributed by atoms with Gasteiger partial charge in [0.05, 0.1) is 19.2 Å². The third kappa shape index (κ3) is 3.72. The Morgan fingerprint density at radius 2 is 1.89 bits per heavy atom. The van der Waals surface area contributed by atoms with E-state index in [0.29, 0.717) is 27.5 Å². The van der Waals surface area contributed by atoms with E-state index >= 15 is 8.78 Å². The molecule has 3 aromatic rings. The molecule has 0 amide bonds. The van der Waals surface area contributed by atoms with E-state index in [0.717, 1.165) is 11.0 Å². The monoisotopic (exact) mass is 538 g/mol. The number of aliphatic carboxylic acids is 1. The van der Waals surface area contributed by atoms with Crippen LogP contribution in [-0.2, 0) is 14.3 Å². The average Bonchev–Trinajstić information content (AvgIpc) is 3.38. The van der Waals surface area contributed by atoms with Crippen molar-refractivity contribution in [2.45, 2.75) is 39.4 Å². The molecule has 2 unspecified atom stereocenters. The first-order chi connectivity index (χ1) is 18.1. The van der Waals surface area contributed by atoms with Gasteiger partial charge in [-0.25, -0.2) is 8.78 Å². The number of aryl methyl sites for hydroxylation is 2. The standard InChI is InChI=1S/C27H24F2N4O4S/c1-13-14(2)38-25-20(13)23(30-18(12-19(34)37-4)24-32-31-15(3)33(24)25)27(26(35)36)11-10-17(21(28)22(27)29)16-8-6-5-7-9-16/h5-11,18,22H,12H2,1-4H3,(H,35,36)/t18-,22?,27?/m0/s1. The lowest BCUT2D eigenvalue weighted by Gasteiger charge is -2.34. The molecule has 1 aliphatic heterocycles. The van der Waals surface area contributed by atoms with Gasteiger partial charge in [-0.15, -0.1) is 21.5 Å². The van der Waals surface area contributed by atoms with Crippen LogP contribution in [0.4, 0.5) is 8.78 Å². The Kier molecular flexibility index (Phi) is 6.34. The molecule has 11 heteroatoms. The van der Waals surface area contributed by atoms with Gasteiger partial charge in [-0.05, 0) is 31.9 Å². The molecule has 1 N–H and O–H groups in total. The fourth-order valence-electron chi connectivity index (χ4n) is 4.91. The van der Waals surface area contributed by atoms with Crippen LogP contribution < -0.4 is 0 Å². The molecule has 196 valence electrons. The summed E-state index contributed by atoms with van der Waals surface area (Å²) >= 11 is 1.34. The number of aliphatic imine (C=N–C) groups is 1.